The zero-order chi connectivity index (χ0) is 10.7. The first-order valence-electron chi connectivity index (χ1n) is 3.59. The molecule has 0 atom stereocenters. The fourth-order valence-electron chi connectivity index (χ4n) is 0.831. The van der Waals surface area contributed by atoms with Gasteiger partial charge in [0.15, 0.2) is 5.75 Å². The van der Waals surface area contributed by atoms with Crippen molar-refractivity contribution in [1.29, 1.82) is 0 Å². The van der Waals surface area contributed by atoms with Crippen molar-refractivity contribution >= 4 is 46.4 Å². The van der Waals surface area contributed by atoms with Crippen molar-refractivity contribution < 1.29 is 9.84 Å². The Bertz CT molecular complexity index is 304. The van der Waals surface area contributed by atoms with Gasteiger partial charge in [-0.2, -0.15) is 0 Å². The molecule has 0 heterocycles. The van der Waals surface area contributed by atoms with E-state index >= 15 is 0 Å². The van der Waals surface area contributed by atoms with Crippen LogP contribution in [0.25, 0.3) is 0 Å². The van der Waals surface area contributed by atoms with Gasteiger partial charge in [-0.1, -0.05) is 23.2 Å². The second-order valence-corrected chi connectivity index (χ2v) is 4.53. The first-order chi connectivity index (χ1) is 6.50. The lowest BCUT2D eigenvalue weighted by molar-refractivity contribution is 0.334. The first kappa shape index (κ1) is 12.1. The topological polar surface area (TPSA) is 29.5 Å². The SMILES string of the molecule is Oc1cc(Cl)c(OCC(Cl)Cl)c(Cl)c1. The molecule has 0 aromatic heterocycles. The van der Waals surface area contributed by atoms with E-state index in [-0.39, 0.29) is 28.2 Å². The van der Waals surface area contributed by atoms with E-state index in [0.29, 0.717) is 0 Å². The van der Waals surface area contributed by atoms with Crippen molar-refractivity contribution in [2.45, 2.75) is 4.84 Å². The second-order valence-electron chi connectivity index (χ2n) is 2.44. The number of rotatable bonds is 3. The van der Waals surface area contributed by atoms with Crippen LogP contribution in [0.4, 0.5) is 0 Å². The summed E-state index contributed by atoms with van der Waals surface area (Å²) in [6.07, 6.45) is 0. The molecule has 1 aromatic carbocycles. The Morgan fingerprint density at radius 1 is 1.21 bits per heavy atom. The third kappa shape index (κ3) is 3.28. The normalized spacial score (nSPS) is 10.6. The second kappa shape index (κ2) is 5.17. The number of aromatic hydroxyl groups is 1. The number of hydrogen-bond donors (Lipinski definition) is 1. The summed E-state index contributed by atoms with van der Waals surface area (Å²) in [7, 11) is 0. The van der Waals surface area contributed by atoms with Crippen LogP contribution >= 0.6 is 46.4 Å². The summed E-state index contributed by atoms with van der Waals surface area (Å²) in [6.45, 7) is 0.0767. The maximum absolute atomic E-state index is 9.12. The van der Waals surface area contributed by atoms with Gasteiger partial charge in [0, 0.05) is 12.1 Å². The molecule has 0 amide bonds. The molecule has 1 N–H and O–H groups in total. The van der Waals surface area contributed by atoms with E-state index in [4.69, 9.17) is 56.2 Å². The highest BCUT2D eigenvalue weighted by atomic mass is 35.5. The van der Waals surface area contributed by atoms with Crippen molar-refractivity contribution in [3.8, 4) is 11.5 Å². The number of ether oxygens (including phenoxy) is 1. The Labute approximate surface area is 101 Å². The van der Waals surface area contributed by atoms with E-state index in [9.17, 15) is 0 Å². The average Bonchev–Trinajstić information content (AvgIpc) is 2.01. The molecule has 0 aliphatic carbocycles. The maximum Gasteiger partial charge on any atom is 0.156 e. The van der Waals surface area contributed by atoms with Crippen molar-refractivity contribution in [2.24, 2.45) is 0 Å². The maximum atomic E-state index is 9.12. The molecule has 0 spiro atoms. The van der Waals surface area contributed by atoms with Crippen molar-refractivity contribution in [3.63, 3.8) is 0 Å². The molecule has 1 rings (SSSR count). The van der Waals surface area contributed by atoms with Crippen LogP contribution in [0.5, 0.6) is 11.5 Å². The lowest BCUT2D eigenvalue weighted by Crippen LogP contribution is -2.05. The number of halogens is 4. The summed E-state index contributed by atoms with van der Waals surface area (Å²) in [6, 6.07) is 2.64. The van der Waals surface area contributed by atoms with Gasteiger partial charge in [0.2, 0.25) is 0 Å². The smallest absolute Gasteiger partial charge is 0.156 e. The van der Waals surface area contributed by atoms with Crippen LogP contribution in [0.3, 0.4) is 0 Å². The molecule has 0 bridgehead atoms. The molecule has 0 unspecified atom stereocenters. The fraction of sp³-hybridized carbons (Fsp3) is 0.250. The molecule has 0 saturated heterocycles. The van der Waals surface area contributed by atoms with E-state index in [1.807, 2.05) is 0 Å². The minimum atomic E-state index is -0.657. The zero-order valence-corrected chi connectivity index (χ0v) is 9.83. The van der Waals surface area contributed by atoms with Gasteiger partial charge in [0.05, 0.1) is 10.0 Å². The minimum absolute atomic E-state index is 0.0272. The summed E-state index contributed by atoms with van der Waals surface area (Å²) in [5.41, 5.74) is 0. The number of phenols is 1. The number of phenolic OH excluding ortho intramolecular Hbond substituents is 1. The lowest BCUT2D eigenvalue weighted by atomic mass is 10.3. The number of hydrogen-bond acceptors (Lipinski definition) is 2. The summed E-state index contributed by atoms with van der Waals surface area (Å²) in [4.78, 5) is -0.657. The largest absolute Gasteiger partial charge is 0.508 e. The molecular formula is C8H6Cl4O2. The molecule has 6 heteroatoms. The lowest BCUT2D eigenvalue weighted by Gasteiger charge is -2.10. The van der Waals surface area contributed by atoms with E-state index < -0.39 is 4.84 Å². The predicted molar refractivity (Wildman–Crippen MR) is 59.1 cm³/mol. The summed E-state index contributed by atoms with van der Waals surface area (Å²) < 4.78 is 5.15. The predicted octanol–water partition coefficient (Wildman–Crippen LogP) is 3.88. The molecule has 0 fully saturated rings. The summed E-state index contributed by atoms with van der Waals surface area (Å²) in [5, 5.41) is 9.54. The Hall–Kier alpha value is -0.0200. The highest BCUT2D eigenvalue weighted by Gasteiger charge is 2.10. The van der Waals surface area contributed by atoms with Gasteiger partial charge in [-0.05, 0) is 0 Å². The van der Waals surface area contributed by atoms with Gasteiger partial charge in [-0.15, -0.1) is 23.2 Å². The van der Waals surface area contributed by atoms with Crippen molar-refractivity contribution in [2.75, 3.05) is 6.61 Å². The third-order valence-electron chi connectivity index (χ3n) is 1.34. The molecule has 0 radical (unpaired) electrons. The molecule has 78 valence electrons. The van der Waals surface area contributed by atoms with Gasteiger partial charge in [0.1, 0.15) is 17.2 Å². The van der Waals surface area contributed by atoms with E-state index in [2.05, 4.69) is 0 Å². The Kier molecular flexibility index (Phi) is 4.45. The van der Waals surface area contributed by atoms with Gasteiger partial charge in [-0.3, -0.25) is 0 Å². The Morgan fingerprint density at radius 2 is 1.71 bits per heavy atom. The molecule has 14 heavy (non-hydrogen) atoms. The van der Waals surface area contributed by atoms with Crippen LogP contribution in [-0.2, 0) is 0 Å². The monoisotopic (exact) mass is 274 g/mol. The van der Waals surface area contributed by atoms with Crippen LogP contribution in [0.15, 0.2) is 12.1 Å². The van der Waals surface area contributed by atoms with E-state index in [1.54, 1.807) is 0 Å². The summed E-state index contributed by atoms with van der Waals surface area (Å²) in [5.74, 6) is 0.234. The average molecular weight is 276 g/mol. The first-order valence-corrected chi connectivity index (χ1v) is 5.22. The molecule has 1 aromatic rings. The van der Waals surface area contributed by atoms with Crippen molar-refractivity contribution in [3.05, 3.63) is 22.2 Å². The fourth-order valence-corrected chi connectivity index (χ4v) is 1.54. The quantitative estimate of drug-likeness (QED) is 0.849. The van der Waals surface area contributed by atoms with Crippen LogP contribution in [0.1, 0.15) is 0 Å². The standard InChI is InChI=1S/C8H6Cl4O2/c9-5-1-4(13)2-6(10)8(5)14-3-7(11)12/h1-2,7,13H,3H2. The molecule has 0 aliphatic rings. The zero-order valence-electron chi connectivity index (χ0n) is 6.81. The Morgan fingerprint density at radius 3 is 2.14 bits per heavy atom. The van der Waals surface area contributed by atoms with Crippen molar-refractivity contribution in [1.82, 2.24) is 0 Å². The molecule has 0 aliphatic heterocycles. The minimum Gasteiger partial charge on any atom is -0.508 e. The van der Waals surface area contributed by atoms with Gasteiger partial charge in [0.25, 0.3) is 0 Å². The van der Waals surface area contributed by atoms with Crippen LogP contribution in [0.2, 0.25) is 10.0 Å². The summed E-state index contributed by atoms with van der Waals surface area (Å²) >= 11 is 22.5. The highest BCUT2D eigenvalue weighted by Crippen LogP contribution is 2.36. The van der Waals surface area contributed by atoms with Gasteiger partial charge in [-0.25, -0.2) is 0 Å². The van der Waals surface area contributed by atoms with Gasteiger partial charge >= 0.3 is 0 Å². The van der Waals surface area contributed by atoms with Crippen LogP contribution in [0, 0.1) is 0 Å². The highest BCUT2D eigenvalue weighted by molar-refractivity contribution is 6.44. The van der Waals surface area contributed by atoms with E-state index in [0.717, 1.165) is 0 Å². The number of benzene rings is 1. The number of alkyl halides is 2. The molecule has 0 saturated carbocycles. The van der Waals surface area contributed by atoms with E-state index in [1.165, 1.54) is 12.1 Å². The molecule has 2 nitrogen and oxygen atoms in total. The molecular weight excluding hydrogens is 270 g/mol. The van der Waals surface area contributed by atoms with Crippen LogP contribution < -0.4 is 4.74 Å². The van der Waals surface area contributed by atoms with Gasteiger partial charge < -0.3 is 9.84 Å². The third-order valence-corrected chi connectivity index (χ3v) is 2.15. The Balaban J connectivity index is 2.86. The van der Waals surface area contributed by atoms with Crippen LogP contribution in [-0.4, -0.2) is 16.5 Å².